The Morgan fingerprint density at radius 3 is 2.47 bits per heavy atom. The lowest BCUT2D eigenvalue weighted by Crippen LogP contribution is -2.24. The maximum atomic E-state index is 12.4. The van der Waals surface area contributed by atoms with Crippen molar-refractivity contribution in [1.82, 2.24) is 15.5 Å². The average Bonchev–Trinajstić information content (AvgIpc) is 3.55. The Morgan fingerprint density at radius 2 is 1.66 bits per heavy atom. The third-order valence-electron chi connectivity index (χ3n) is 4.52. The molecule has 5 rings (SSSR count). The molecule has 0 aliphatic carbocycles. The first-order chi connectivity index (χ1) is 15.6. The first-order valence-electron chi connectivity index (χ1n) is 9.46. The number of hydrogen-bond acceptors (Lipinski definition) is 10. The number of thioether (sulfide) groups is 1. The summed E-state index contributed by atoms with van der Waals surface area (Å²) in [5.41, 5.74) is 1.33. The van der Waals surface area contributed by atoms with Gasteiger partial charge in [0, 0.05) is 12.1 Å². The van der Waals surface area contributed by atoms with Crippen molar-refractivity contribution in [1.29, 1.82) is 0 Å². The van der Waals surface area contributed by atoms with Crippen molar-refractivity contribution in [2.75, 3.05) is 24.7 Å². The lowest BCUT2D eigenvalue weighted by Gasteiger charge is -2.05. The molecule has 2 aromatic carbocycles. The lowest BCUT2D eigenvalue weighted by molar-refractivity contribution is -0.118. The summed E-state index contributed by atoms with van der Waals surface area (Å²) in [6, 6.07) is 10.5. The number of aromatic nitrogens is 2. The van der Waals surface area contributed by atoms with Crippen LogP contribution in [0.3, 0.4) is 0 Å². The molecule has 0 radical (unpaired) electrons. The van der Waals surface area contributed by atoms with E-state index in [4.69, 9.17) is 18.9 Å². The minimum absolute atomic E-state index is 0.141. The third kappa shape index (κ3) is 4.55. The van der Waals surface area contributed by atoms with Crippen LogP contribution in [0, 0.1) is 0 Å². The lowest BCUT2D eigenvalue weighted by atomic mass is 10.2. The molecule has 32 heavy (non-hydrogen) atoms. The summed E-state index contributed by atoms with van der Waals surface area (Å²) in [4.78, 5) is 24.6. The Kier molecular flexibility index (Phi) is 5.69. The van der Waals surface area contributed by atoms with Gasteiger partial charge in [0.15, 0.2) is 27.3 Å². The monoisotopic (exact) mass is 472 g/mol. The molecule has 3 heterocycles. The van der Waals surface area contributed by atoms with Crippen LogP contribution in [-0.4, -0.2) is 41.4 Å². The molecule has 0 spiro atoms. The van der Waals surface area contributed by atoms with E-state index < -0.39 is 0 Å². The highest BCUT2D eigenvalue weighted by atomic mass is 32.2. The van der Waals surface area contributed by atoms with E-state index >= 15 is 0 Å². The highest BCUT2D eigenvalue weighted by molar-refractivity contribution is 8.01. The van der Waals surface area contributed by atoms with E-state index in [2.05, 4.69) is 20.8 Å². The van der Waals surface area contributed by atoms with Crippen LogP contribution in [0.2, 0.25) is 0 Å². The Hall–Kier alpha value is -3.51. The molecule has 0 unspecified atom stereocenters. The molecule has 1 aromatic heterocycles. The average molecular weight is 473 g/mol. The number of carbonyl (C=O) groups excluding carboxylic acids is 2. The summed E-state index contributed by atoms with van der Waals surface area (Å²) in [5.74, 6) is 2.20. The van der Waals surface area contributed by atoms with E-state index in [1.807, 2.05) is 18.2 Å². The number of ether oxygens (including phenoxy) is 4. The van der Waals surface area contributed by atoms with Crippen molar-refractivity contribution in [3.05, 3.63) is 47.5 Å². The van der Waals surface area contributed by atoms with Gasteiger partial charge in [0.1, 0.15) is 0 Å². The number of nitrogens with one attached hydrogen (secondary N) is 2. The van der Waals surface area contributed by atoms with E-state index in [0.717, 1.165) is 5.56 Å². The number of carbonyl (C=O) groups is 2. The SMILES string of the molecule is O=C(CSc1nnc(NC(=O)c2ccc3c(c2)OCO3)s1)NCc1ccc2c(c1)OCO2. The van der Waals surface area contributed by atoms with Crippen LogP contribution in [0.15, 0.2) is 40.7 Å². The molecule has 2 amide bonds. The van der Waals surface area contributed by atoms with Crippen molar-refractivity contribution in [3.8, 4) is 23.0 Å². The second-order valence-corrected chi connectivity index (χ2v) is 8.85. The van der Waals surface area contributed by atoms with Gasteiger partial charge in [0.25, 0.3) is 5.91 Å². The van der Waals surface area contributed by atoms with Crippen LogP contribution in [0.25, 0.3) is 0 Å². The molecule has 2 N–H and O–H groups in total. The smallest absolute Gasteiger partial charge is 0.257 e. The topological polar surface area (TPSA) is 121 Å². The zero-order valence-corrected chi connectivity index (χ0v) is 18.1. The van der Waals surface area contributed by atoms with Gasteiger partial charge in [-0.15, -0.1) is 10.2 Å². The molecular weight excluding hydrogens is 456 g/mol. The summed E-state index contributed by atoms with van der Waals surface area (Å²) in [7, 11) is 0. The summed E-state index contributed by atoms with van der Waals surface area (Å²) in [6.45, 7) is 0.730. The van der Waals surface area contributed by atoms with E-state index in [9.17, 15) is 9.59 Å². The molecule has 164 valence electrons. The summed E-state index contributed by atoms with van der Waals surface area (Å²) < 4.78 is 21.7. The van der Waals surface area contributed by atoms with E-state index in [1.54, 1.807) is 18.2 Å². The molecular formula is C20H16N4O6S2. The first kappa shape index (κ1) is 20.4. The summed E-state index contributed by atoms with van der Waals surface area (Å²) >= 11 is 2.44. The van der Waals surface area contributed by atoms with Crippen molar-refractivity contribution >= 4 is 40.0 Å². The zero-order chi connectivity index (χ0) is 21.9. The summed E-state index contributed by atoms with van der Waals surface area (Å²) in [5, 5.41) is 13.9. The highest BCUT2D eigenvalue weighted by Crippen LogP contribution is 2.34. The van der Waals surface area contributed by atoms with Gasteiger partial charge < -0.3 is 24.3 Å². The number of nitrogens with zero attached hydrogens (tertiary/aromatic N) is 2. The van der Waals surface area contributed by atoms with Crippen LogP contribution < -0.4 is 29.6 Å². The molecule has 3 aromatic rings. The van der Waals surface area contributed by atoms with Crippen LogP contribution >= 0.6 is 23.1 Å². The van der Waals surface area contributed by atoms with Gasteiger partial charge in [-0.25, -0.2) is 0 Å². The minimum Gasteiger partial charge on any atom is -0.454 e. The van der Waals surface area contributed by atoms with Crippen molar-refractivity contribution in [2.24, 2.45) is 0 Å². The number of anilines is 1. The van der Waals surface area contributed by atoms with Crippen molar-refractivity contribution in [3.63, 3.8) is 0 Å². The predicted octanol–water partition coefficient (Wildman–Crippen LogP) is 2.66. The zero-order valence-electron chi connectivity index (χ0n) is 16.5. The van der Waals surface area contributed by atoms with Crippen LogP contribution in [0.4, 0.5) is 5.13 Å². The van der Waals surface area contributed by atoms with Gasteiger partial charge in [-0.1, -0.05) is 29.2 Å². The molecule has 0 saturated carbocycles. The molecule has 2 aliphatic rings. The number of hydrogen-bond donors (Lipinski definition) is 2. The fourth-order valence-electron chi connectivity index (χ4n) is 2.96. The molecule has 0 fully saturated rings. The number of fused-ring (bicyclic) bond motifs is 2. The van der Waals surface area contributed by atoms with Crippen molar-refractivity contribution < 1.29 is 28.5 Å². The number of benzene rings is 2. The second kappa shape index (κ2) is 8.93. The fraction of sp³-hybridized carbons (Fsp3) is 0.200. The fourth-order valence-corrected chi connectivity index (χ4v) is 4.53. The van der Waals surface area contributed by atoms with Gasteiger partial charge in [-0.3, -0.25) is 14.9 Å². The quantitative estimate of drug-likeness (QED) is 0.395. The normalized spacial score (nSPS) is 13.1. The largest absolute Gasteiger partial charge is 0.454 e. The van der Waals surface area contributed by atoms with Crippen molar-refractivity contribution in [2.45, 2.75) is 10.9 Å². The first-order valence-corrected chi connectivity index (χ1v) is 11.3. The third-order valence-corrected chi connectivity index (χ3v) is 6.49. The predicted molar refractivity (Wildman–Crippen MR) is 116 cm³/mol. The maximum absolute atomic E-state index is 12.4. The molecule has 0 bridgehead atoms. The minimum atomic E-state index is -0.336. The standard InChI is InChI=1S/C20H16N4O6S2/c25-17(21-7-11-1-3-13-15(5-11)29-9-27-13)8-31-20-24-23-19(32-20)22-18(26)12-2-4-14-16(6-12)30-10-28-14/h1-6H,7-10H2,(H,21,25)(H,22,23,26). The number of amides is 2. The molecule has 0 atom stereocenters. The van der Waals surface area contributed by atoms with Crippen LogP contribution in [-0.2, 0) is 11.3 Å². The van der Waals surface area contributed by atoms with Gasteiger partial charge in [0.2, 0.25) is 24.6 Å². The Morgan fingerprint density at radius 1 is 0.938 bits per heavy atom. The number of rotatable bonds is 7. The molecule has 10 nitrogen and oxygen atoms in total. The van der Waals surface area contributed by atoms with E-state index in [0.29, 0.717) is 44.6 Å². The Bertz CT molecular complexity index is 1180. The van der Waals surface area contributed by atoms with E-state index in [1.165, 1.54) is 23.1 Å². The van der Waals surface area contributed by atoms with Gasteiger partial charge in [-0.05, 0) is 35.9 Å². The maximum Gasteiger partial charge on any atom is 0.257 e. The van der Waals surface area contributed by atoms with Crippen LogP contribution in [0.5, 0.6) is 23.0 Å². The van der Waals surface area contributed by atoms with Gasteiger partial charge in [0.05, 0.1) is 5.75 Å². The summed E-state index contributed by atoms with van der Waals surface area (Å²) in [6.07, 6.45) is 0. The molecule has 12 heteroatoms. The second-order valence-electron chi connectivity index (χ2n) is 6.65. The Labute approximate surface area is 190 Å². The van der Waals surface area contributed by atoms with Gasteiger partial charge in [-0.2, -0.15) is 0 Å². The van der Waals surface area contributed by atoms with Gasteiger partial charge >= 0.3 is 0 Å². The highest BCUT2D eigenvalue weighted by Gasteiger charge is 2.18. The molecule has 2 aliphatic heterocycles. The van der Waals surface area contributed by atoms with E-state index in [-0.39, 0.29) is 31.2 Å². The van der Waals surface area contributed by atoms with Crippen LogP contribution in [0.1, 0.15) is 15.9 Å². The Balaban J connectivity index is 1.09. The molecule has 0 saturated heterocycles.